The quantitative estimate of drug-likeness (QED) is 0.703. The zero-order chi connectivity index (χ0) is 16.6. The lowest BCUT2D eigenvalue weighted by atomic mass is 9.95. The first-order valence-corrected chi connectivity index (χ1v) is 7.35. The smallest absolute Gasteiger partial charge is 0.407 e. The number of hydrogen-bond acceptors (Lipinski definition) is 5. The third kappa shape index (κ3) is 9.28. The molecule has 6 heteroatoms. The van der Waals surface area contributed by atoms with E-state index in [-0.39, 0.29) is 17.9 Å². The zero-order valence-electron chi connectivity index (χ0n) is 14.3. The first-order valence-electron chi connectivity index (χ1n) is 7.35. The van der Waals surface area contributed by atoms with Crippen molar-refractivity contribution in [3.05, 3.63) is 0 Å². The van der Waals surface area contributed by atoms with Crippen molar-refractivity contribution in [2.75, 3.05) is 20.2 Å². The first-order chi connectivity index (χ1) is 9.56. The number of rotatable bonds is 7. The second kappa shape index (κ2) is 8.87. The summed E-state index contributed by atoms with van der Waals surface area (Å²) in [6.45, 7) is 12.5. The van der Waals surface area contributed by atoms with Crippen LogP contribution in [0, 0.1) is 11.8 Å². The number of amides is 1. The molecule has 0 spiro atoms. The molecule has 0 aromatic rings. The third-order valence-electron chi connectivity index (χ3n) is 3.09. The molecule has 0 fully saturated rings. The van der Waals surface area contributed by atoms with Crippen molar-refractivity contribution in [3.8, 4) is 0 Å². The Morgan fingerprint density at radius 1 is 1.10 bits per heavy atom. The van der Waals surface area contributed by atoms with Gasteiger partial charge in [-0.3, -0.25) is 4.79 Å². The summed E-state index contributed by atoms with van der Waals surface area (Å²) in [4.78, 5) is 23.0. The van der Waals surface area contributed by atoms with Crippen molar-refractivity contribution in [1.82, 2.24) is 10.6 Å². The number of nitrogens with one attached hydrogen (secondary N) is 2. The van der Waals surface area contributed by atoms with Gasteiger partial charge in [-0.25, -0.2) is 4.79 Å². The summed E-state index contributed by atoms with van der Waals surface area (Å²) in [6, 6.07) is -0.363. The second-order valence-corrected chi connectivity index (χ2v) is 6.54. The van der Waals surface area contributed by atoms with Crippen LogP contribution in [0.3, 0.4) is 0 Å². The molecule has 0 aliphatic carbocycles. The molecule has 0 aromatic carbocycles. The fraction of sp³-hybridized carbons (Fsp3) is 0.867. The third-order valence-corrected chi connectivity index (χ3v) is 3.09. The molecule has 2 N–H and O–H groups in total. The van der Waals surface area contributed by atoms with E-state index < -0.39 is 11.7 Å². The normalized spacial score (nSPS) is 14.5. The highest BCUT2D eigenvalue weighted by atomic mass is 16.6. The van der Waals surface area contributed by atoms with Crippen LogP contribution >= 0.6 is 0 Å². The van der Waals surface area contributed by atoms with Gasteiger partial charge in [-0.05, 0) is 39.5 Å². The van der Waals surface area contributed by atoms with E-state index >= 15 is 0 Å². The van der Waals surface area contributed by atoms with E-state index in [0.29, 0.717) is 19.0 Å². The molecule has 0 rings (SSSR count). The molecular weight excluding hydrogens is 272 g/mol. The Morgan fingerprint density at radius 3 is 2.10 bits per heavy atom. The SMILES string of the molecule is COC(=O)[C@H](C)NCC(CNC(=O)OC(C)(C)C)C(C)C. The van der Waals surface area contributed by atoms with Crippen molar-refractivity contribution in [3.63, 3.8) is 0 Å². The van der Waals surface area contributed by atoms with Crippen LogP contribution in [-0.4, -0.2) is 43.9 Å². The molecule has 0 radical (unpaired) electrons. The van der Waals surface area contributed by atoms with Gasteiger partial charge < -0.3 is 20.1 Å². The van der Waals surface area contributed by atoms with Gasteiger partial charge in [0.05, 0.1) is 7.11 Å². The minimum atomic E-state index is -0.505. The number of carbonyl (C=O) groups excluding carboxylic acids is 2. The fourth-order valence-corrected chi connectivity index (χ4v) is 1.66. The molecule has 0 aromatic heterocycles. The molecule has 2 atom stereocenters. The molecule has 1 unspecified atom stereocenters. The minimum absolute atomic E-state index is 0.199. The zero-order valence-corrected chi connectivity index (χ0v) is 14.3. The van der Waals surface area contributed by atoms with E-state index in [9.17, 15) is 9.59 Å². The predicted molar refractivity (Wildman–Crippen MR) is 82.0 cm³/mol. The first kappa shape index (κ1) is 19.7. The van der Waals surface area contributed by atoms with Crippen LogP contribution in [0.5, 0.6) is 0 Å². The number of ether oxygens (including phenoxy) is 2. The number of esters is 1. The molecule has 21 heavy (non-hydrogen) atoms. The summed E-state index contributed by atoms with van der Waals surface area (Å²) >= 11 is 0. The molecule has 1 amide bonds. The molecule has 0 aliphatic heterocycles. The number of carbonyl (C=O) groups is 2. The Morgan fingerprint density at radius 2 is 1.67 bits per heavy atom. The van der Waals surface area contributed by atoms with Crippen LogP contribution in [0.15, 0.2) is 0 Å². The van der Waals surface area contributed by atoms with Gasteiger partial charge in [-0.2, -0.15) is 0 Å². The summed E-state index contributed by atoms with van der Waals surface area (Å²) in [7, 11) is 1.37. The van der Waals surface area contributed by atoms with Gasteiger partial charge >= 0.3 is 12.1 Å². The van der Waals surface area contributed by atoms with Crippen molar-refractivity contribution >= 4 is 12.1 Å². The lowest BCUT2D eigenvalue weighted by Crippen LogP contribution is -2.43. The van der Waals surface area contributed by atoms with E-state index in [2.05, 4.69) is 29.2 Å². The predicted octanol–water partition coefficient (Wildman–Crippen LogP) is 1.93. The Labute approximate surface area is 127 Å². The molecule has 0 heterocycles. The maximum Gasteiger partial charge on any atom is 0.407 e. The van der Waals surface area contributed by atoms with Crippen LogP contribution in [0.4, 0.5) is 4.79 Å². The van der Waals surface area contributed by atoms with Gasteiger partial charge in [0.15, 0.2) is 0 Å². The van der Waals surface area contributed by atoms with Crippen molar-refractivity contribution in [2.45, 2.75) is 53.2 Å². The van der Waals surface area contributed by atoms with Gasteiger partial charge in [0, 0.05) is 13.1 Å². The van der Waals surface area contributed by atoms with E-state index in [1.807, 2.05) is 20.8 Å². The molecule has 6 nitrogen and oxygen atoms in total. The highest BCUT2D eigenvalue weighted by Crippen LogP contribution is 2.10. The summed E-state index contributed by atoms with van der Waals surface area (Å²) in [5.41, 5.74) is -0.505. The standard InChI is InChI=1S/C15H30N2O4/c1-10(2)12(8-16-11(3)13(18)20-7)9-17-14(19)21-15(4,5)6/h10-12,16H,8-9H2,1-7H3,(H,17,19)/t11-,12?/m0/s1. The average molecular weight is 302 g/mol. The molecular formula is C15H30N2O4. The summed E-state index contributed by atoms with van der Waals surface area (Å²) in [5.74, 6) is 0.263. The lowest BCUT2D eigenvalue weighted by Gasteiger charge is -2.25. The lowest BCUT2D eigenvalue weighted by molar-refractivity contribution is -0.142. The Hall–Kier alpha value is -1.30. The van der Waals surface area contributed by atoms with Gasteiger partial charge in [0.2, 0.25) is 0 Å². The highest BCUT2D eigenvalue weighted by Gasteiger charge is 2.20. The van der Waals surface area contributed by atoms with Gasteiger partial charge in [0.25, 0.3) is 0 Å². The molecule has 0 bridgehead atoms. The summed E-state index contributed by atoms with van der Waals surface area (Å²) in [5, 5.41) is 5.89. The van der Waals surface area contributed by atoms with Crippen molar-refractivity contribution < 1.29 is 19.1 Å². The second-order valence-electron chi connectivity index (χ2n) is 6.54. The molecule has 0 saturated heterocycles. The summed E-state index contributed by atoms with van der Waals surface area (Å²) < 4.78 is 9.87. The number of hydrogen-bond donors (Lipinski definition) is 2. The topological polar surface area (TPSA) is 76.7 Å². The van der Waals surface area contributed by atoms with Crippen LogP contribution in [0.1, 0.15) is 41.5 Å². The molecule has 0 saturated carbocycles. The van der Waals surface area contributed by atoms with Crippen LogP contribution < -0.4 is 10.6 Å². The van der Waals surface area contributed by atoms with Gasteiger partial charge in [-0.1, -0.05) is 13.8 Å². The summed E-state index contributed by atoms with van der Waals surface area (Å²) in [6.07, 6.45) is -0.422. The van der Waals surface area contributed by atoms with Crippen LogP contribution in [-0.2, 0) is 14.3 Å². The van der Waals surface area contributed by atoms with Gasteiger partial charge in [0.1, 0.15) is 11.6 Å². The van der Waals surface area contributed by atoms with Crippen molar-refractivity contribution in [1.29, 1.82) is 0 Å². The number of alkyl carbamates (subject to hydrolysis) is 1. The fourth-order valence-electron chi connectivity index (χ4n) is 1.66. The van der Waals surface area contributed by atoms with Crippen LogP contribution in [0.25, 0.3) is 0 Å². The van der Waals surface area contributed by atoms with Gasteiger partial charge in [-0.15, -0.1) is 0 Å². The maximum absolute atomic E-state index is 11.7. The monoisotopic (exact) mass is 302 g/mol. The molecule has 124 valence electrons. The highest BCUT2D eigenvalue weighted by molar-refractivity contribution is 5.75. The Balaban J connectivity index is 4.26. The Kier molecular flexibility index (Phi) is 8.32. The minimum Gasteiger partial charge on any atom is -0.468 e. The average Bonchev–Trinajstić information content (AvgIpc) is 2.34. The molecule has 0 aliphatic rings. The van der Waals surface area contributed by atoms with E-state index in [4.69, 9.17) is 4.74 Å². The van der Waals surface area contributed by atoms with Crippen LogP contribution in [0.2, 0.25) is 0 Å². The largest absolute Gasteiger partial charge is 0.468 e. The van der Waals surface area contributed by atoms with E-state index in [1.165, 1.54) is 7.11 Å². The Bertz CT molecular complexity index is 337. The van der Waals surface area contributed by atoms with E-state index in [0.717, 1.165) is 0 Å². The van der Waals surface area contributed by atoms with E-state index in [1.54, 1.807) is 6.92 Å². The number of methoxy groups -OCH3 is 1. The van der Waals surface area contributed by atoms with Crippen molar-refractivity contribution in [2.24, 2.45) is 11.8 Å². The maximum atomic E-state index is 11.7.